The third kappa shape index (κ3) is 5.40. The van der Waals surface area contributed by atoms with Crippen LogP contribution in [-0.2, 0) is 17.6 Å². The number of carboxylic acids is 1. The number of rotatable bonds is 10. The normalized spacial score (nSPS) is 21.3. The summed E-state index contributed by atoms with van der Waals surface area (Å²) in [5.74, 6) is -0.890. The van der Waals surface area contributed by atoms with Gasteiger partial charge in [-0.1, -0.05) is 38.3 Å². The van der Waals surface area contributed by atoms with Gasteiger partial charge in [0.05, 0.1) is 22.9 Å². The molecular formula is C18H27NO4S. The van der Waals surface area contributed by atoms with Crippen LogP contribution in [0.2, 0.25) is 0 Å². The zero-order valence-electron chi connectivity index (χ0n) is 14.1. The number of nitrogens with zero attached hydrogens (tertiary/aromatic N) is 1. The Morgan fingerprint density at radius 1 is 1.42 bits per heavy atom. The number of carboxylic acid groups (broad SMARTS) is 1. The Balaban J connectivity index is 1.93. The number of hydrogen-bond donors (Lipinski definition) is 3. The van der Waals surface area contributed by atoms with Crippen molar-refractivity contribution < 1.29 is 20.1 Å². The molecule has 1 heterocycles. The van der Waals surface area contributed by atoms with E-state index in [9.17, 15) is 15.0 Å². The standard InChI is InChI=1S/C18H27NO4S/c1-2-3-4-6-12(20)9-10-13-15(21)11-14-18(13)24-16(19-14)7-5-8-17(22)23/h9-10,12-13,15,20-21H,2-8,11H2,1H3,(H,22,23)/b10-9+/t12?,13-,15+/m0/s1. The van der Waals surface area contributed by atoms with Crippen molar-refractivity contribution in [2.75, 3.05) is 0 Å². The molecule has 1 aliphatic rings. The number of aliphatic carboxylic acids is 1. The molecule has 0 amide bonds. The number of aliphatic hydroxyl groups excluding tert-OH is 2. The minimum absolute atomic E-state index is 0.105. The topological polar surface area (TPSA) is 90.7 Å². The Morgan fingerprint density at radius 3 is 2.92 bits per heavy atom. The fourth-order valence-electron chi connectivity index (χ4n) is 2.98. The van der Waals surface area contributed by atoms with Gasteiger partial charge in [-0.3, -0.25) is 4.79 Å². The molecule has 0 aliphatic heterocycles. The Labute approximate surface area is 147 Å². The van der Waals surface area contributed by atoms with E-state index in [4.69, 9.17) is 5.11 Å². The summed E-state index contributed by atoms with van der Waals surface area (Å²) in [7, 11) is 0. The summed E-state index contributed by atoms with van der Waals surface area (Å²) in [6, 6.07) is 0. The summed E-state index contributed by atoms with van der Waals surface area (Å²) < 4.78 is 0. The highest BCUT2D eigenvalue weighted by atomic mass is 32.1. The highest BCUT2D eigenvalue weighted by Gasteiger charge is 2.33. The van der Waals surface area contributed by atoms with Crippen LogP contribution < -0.4 is 0 Å². The first-order valence-electron chi connectivity index (χ1n) is 8.76. The number of aryl methyl sites for hydroxylation is 1. The van der Waals surface area contributed by atoms with Crippen molar-refractivity contribution >= 4 is 17.3 Å². The molecule has 1 aliphatic carbocycles. The van der Waals surface area contributed by atoms with Gasteiger partial charge in [-0.2, -0.15) is 0 Å². The van der Waals surface area contributed by atoms with Gasteiger partial charge in [-0.05, 0) is 19.3 Å². The first-order valence-corrected chi connectivity index (χ1v) is 9.57. The molecule has 0 aromatic carbocycles. The van der Waals surface area contributed by atoms with Gasteiger partial charge < -0.3 is 15.3 Å². The summed E-state index contributed by atoms with van der Waals surface area (Å²) in [5.41, 5.74) is 0.924. The Kier molecular flexibility index (Phi) is 7.40. The fourth-order valence-corrected chi connectivity index (χ4v) is 4.26. The Bertz CT molecular complexity index is 569. The van der Waals surface area contributed by atoms with Crippen molar-refractivity contribution in [1.82, 2.24) is 4.98 Å². The average molecular weight is 353 g/mol. The Morgan fingerprint density at radius 2 is 2.21 bits per heavy atom. The maximum Gasteiger partial charge on any atom is 0.303 e. The second-order valence-corrected chi connectivity index (χ2v) is 7.53. The van der Waals surface area contributed by atoms with Crippen molar-refractivity contribution in [2.24, 2.45) is 0 Å². The smallest absolute Gasteiger partial charge is 0.303 e. The fraction of sp³-hybridized carbons (Fsp3) is 0.667. The molecule has 0 radical (unpaired) electrons. The van der Waals surface area contributed by atoms with E-state index in [2.05, 4.69) is 11.9 Å². The molecule has 0 bridgehead atoms. The van der Waals surface area contributed by atoms with Gasteiger partial charge in [0, 0.05) is 23.6 Å². The lowest BCUT2D eigenvalue weighted by atomic mass is 10.0. The first kappa shape index (κ1) is 19.1. The van der Waals surface area contributed by atoms with E-state index in [0.717, 1.165) is 41.3 Å². The zero-order valence-corrected chi connectivity index (χ0v) is 15.0. The molecule has 24 heavy (non-hydrogen) atoms. The molecule has 6 heteroatoms. The van der Waals surface area contributed by atoms with Crippen LogP contribution in [0.25, 0.3) is 0 Å². The minimum Gasteiger partial charge on any atom is -0.481 e. The van der Waals surface area contributed by atoms with Gasteiger partial charge in [0.15, 0.2) is 0 Å². The van der Waals surface area contributed by atoms with Gasteiger partial charge in [0.2, 0.25) is 0 Å². The highest BCUT2D eigenvalue weighted by molar-refractivity contribution is 7.11. The van der Waals surface area contributed by atoms with Crippen LogP contribution in [0.4, 0.5) is 0 Å². The van der Waals surface area contributed by atoms with Crippen LogP contribution in [0.3, 0.4) is 0 Å². The molecule has 0 spiro atoms. The quantitative estimate of drug-likeness (QED) is 0.444. The van der Waals surface area contributed by atoms with Crippen LogP contribution in [0, 0.1) is 0 Å². The van der Waals surface area contributed by atoms with E-state index in [1.165, 1.54) is 0 Å². The van der Waals surface area contributed by atoms with E-state index in [1.807, 2.05) is 6.08 Å². The lowest BCUT2D eigenvalue weighted by Crippen LogP contribution is -2.12. The van der Waals surface area contributed by atoms with Gasteiger partial charge in [0.25, 0.3) is 0 Å². The SMILES string of the molecule is CCCCCC(O)/C=C/[C@@H]1c2sc(CCCC(=O)O)nc2C[C@H]1O. The van der Waals surface area contributed by atoms with Crippen molar-refractivity contribution in [2.45, 2.75) is 76.4 Å². The summed E-state index contributed by atoms with van der Waals surface area (Å²) in [6.07, 6.45) is 8.71. The maximum absolute atomic E-state index is 10.6. The van der Waals surface area contributed by atoms with E-state index in [-0.39, 0.29) is 12.3 Å². The van der Waals surface area contributed by atoms with Crippen molar-refractivity contribution in [1.29, 1.82) is 0 Å². The van der Waals surface area contributed by atoms with Gasteiger partial charge in [0.1, 0.15) is 0 Å². The molecule has 5 nitrogen and oxygen atoms in total. The summed E-state index contributed by atoms with van der Waals surface area (Å²) in [4.78, 5) is 16.2. The molecule has 3 atom stereocenters. The van der Waals surface area contributed by atoms with Crippen LogP contribution in [0.1, 0.15) is 66.9 Å². The molecule has 134 valence electrons. The number of carbonyl (C=O) groups is 1. The van der Waals surface area contributed by atoms with E-state index >= 15 is 0 Å². The second-order valence-electron chi connectivity index (χ2n) is 6.41. The molecule has 0 fully saturated rings. The maximum atomic E-state index is 10.6. The number of fused-ring (bicyclic) bond motifs is 1. The molecular weight excluding hydrogens is 326 g/mol. The summed E-state index contributed by atoms with van der Waals surface area (Å²) >= 11 is 1.56. The molecule has 1 aromatic heterocycles. The lowest BCUT2D eigenvalue weighted by Gasteiger charge is -2.11. The van der Waals surface area contributed by atoms with Gasteiger partial charge in [-0.25, -0.2) is 4.98 Å². The van der Waals surface area contributed by atoms with E-state index in [0.29, 0.717) is 19.3 Å². The summed E-state index contributed by atoms with van der Waals surface area (Å²) in [5, 5.41) is 29.9. The van der Waals surface area contributed by atoms with Crippen LogP contribution >= 0.6 is 11.3 Å². The minimum atomic E-state index is -0.785. The van der Waals surface area contributed by atoms with Crippen LogP contribution in [-0.4, -0.2) is 38.5 Å². The van der Waals surface area contributed by atoms with Crippen LogP contribution in [0.15, 0.2) is 12.2 Å². The van der Waals surface area contributed by atoms with E-state index < -0.39 is 18.2 Å². The molecule has 3 N–H and O–H groups in total. The van der Waals surface area contributed by atoms with Crippen molar-refractivity contribution in [3.8, 4) is 0 Å². The summed E-state index contributed by atoms with van der Waals surface area (Å²) in [6.45, 7) is 2.14. The van der Waals surface area contributed by atoms with E-state index in [1.54, 1.807) is 17.4 Å². The second kappa shape index (κ2) is 9.30. The predicted octanol–water partition coefficient (Wildman–Crippen LogP) is 3.05. The van der Waals surface area contributed by atoms with Gasteiger partial charge >= 0.3 is 5.97 Å². The average Bonchev–Trinajstić information content (AvgIpc) is 3.02. The zero-order chi connectivity index (χ0) is 17.5. The molecule has 2 rings (SSSR count). The van der Waals surface area contributed by atoms with Crippen molar-refractivity contribution in [3.05, 3.63) is 27.7 Å². The van der Waals surface area contributed by atoms with Gasteiger partial charge in [-0.15, -0.1) is 11.3 Å². The first-order chi connectivity index (χ1) is 11.5. The number of aromatic nitrogens is 1. The molecule has 0 saturated carbocycles. The number of aliphatic hydroxyl groups is 2. The molecule has 1 unspecified atom stereocenters. The molecule has 1 aromatic rings. The predicted molar refractivity (Wildman–Crippen MR) is 94.4 cm³/mol. The van der Waals surface area contributed by atoms with Crippen LogP contribution in [0.5, 0.6) is 0 Å². The number of thiazole rings is 1. The lowest BCUT2D eigenvalue weighted by molar-refractivity contribution is -0.137. The monoisotopic (exact) mass is 353 g/mol. The Hall–Kier alpha value is -1.24. The molecule has 0 saturated heterocycles. The van der Waals surface area contributed by atoms with Crippen molar-refractivity contribution in [3.63, 3.8) is 0 Å². The largest absolute Gasteiger partial charge is 0.481 e. The third-order valence-corrected chi connectivity index (χ3v) is 5.58. The number of unbranched alkanes of at least 4 members (excludes halogenated alkanes) is 2. The third-order valence-electron chi connectivity index (χ3n) is 4.32. The number of hydrogen-bond acceptors (Lipinski definition) is 5. The highest BCUT2D eigenvalue weighted by Crippen LogP contribution is 2.39.